The monoisotopic (exact) mass is 440 g/mol. The number of esters is 1. The molecule has 2 N–H and O–H groups in total. The standard InChI is InChI=1S/C18H33O6PS2/c1-16-12-26-14-17(15-27-13-16)24-18(19)10-8-6-4-2-3-5-7-9-11-23-25(20,21)22/h17H,1-15H2,(H2,20,21,22). The molecular formula is C18H33O6PS2. The number of phosphoric ester groups is 1. The van der Waals surface area contributed by atoms with Gasteiger partial charge in [-0.1, -0.05) is 50.7 Å². The molecule has 0 amide bonds. The second-order valence-electron chi connectivity index (χ2n) is 6.79. The van der Waals surface area contributed by atoms with Gasteiger partial charge in [0, 0.05) is 29.4 Å². The van der Waals surface area contributed by atoms with Crippen molar-refractivity contribution in [2.24, 2.45) is 0 Å². The van der Waals surface area contributed by atoms with E-state index in [9.17, 15) is 9.36 Å². The van der Waals surface area contributed by atoms with E-state index in [0.717, 1.165) is 68.0 Å². The van der Waals surface area contributed by atoms with Gasteiger partial charge in [-0.15, -0.1) is 0 Å². The largest absolute Gasteiger partial charge is 0.469 e. The summed E-state index contributed by atoms with van der Waals surface area (Å²) in [6.07, 6.45) is 8.37. The van der Waals surface area contributed by atoms with Crippen LogP contribution in [-0.4, -0.2) is 51.5 Å². The van der Waals surface area contributed by atoms with Crippen LogP contribution in [0.4, 0.5) is 0 Å². The summed E-state index contributed by atoms with van der Waals surface area (Å²) in [5.41, 5.74) is 1.25. The number of rotatable bonds is 13. The van der Waals surface area contributed by atoms with Crippen molar-refractivity contribution in [3.8, 4) is 0 Å². The van der Waals surface area contributed by atoms with Crippen molar-refractivity contribution in [1.82, 2.24) is 0 Å². The van der Waals surface area contributed by atoms with E-state index in [-0.39, 0.29) is 18.7 Å². The van der Waals surface area contributed by atoms with Crippen LogP contribution >= 0.6 is 31.3 Å². The lowest BCUT2D eigenvalue weighted by Gasteiger charge is -2.20. The van der Waals surface area contributed by atoms with E-state index < -0.39 is 7.82 Å². The molecule has 1 heterocycles. The number of carbonyl (C=O) groups excluding carboxylic acids is 1. The molecule has 1 aliphatic rings. The van der Waals surface area contributed by atoms with E-state index in [0.29, 0.717) is 12.8 Å². The SMILES string of the molecule is C=C1CSCC(OC(=O)CCCCCCCCCCOP(=O)(O)O)CSC1. The number of ether oxygens (including phenoxy) is 1. The molecule has 1 rings (SSSR count). The molecular weight excluding hydrogens is 407 g/mol. The molecule has 1 saturated heterocycles. The molecule has 0 radical (unpaired) electrons. The molecule has 0 saturated carbocycles. The Balaban J connectivity index is 1.90. The molecule has 27 heavy (non-hydrogen) atoms. The Morgan fingerprint density at radius 1 is 1.00 bits per heavy atom. The number of carbonyl (C=O) groups is 1. The van der Waals surface area contributed by atoms with Crippen LogP contribution in [0.3, 0.4) is 0 Å². The lowest BCUT2D eigenvalue weighted by atomic mass is 10.1. The van der Waals surface area contributed by atoms with Gasteiger partial charge in [-0.2, -0.15) is 23.5 Å². The molecule has 0 unspecified atom stereocenters. The summed E-state index contributed by atoms with van der Waals surface area (Å²) in [4.78, 5) is 29.1. The fraction of sp³-hybridized carbons (Fsp3) is 0.833. The molecule has 0 spiro atoms. The Bertz CT molecular complexity index is 470. The molecule has 6 nitrogen and oxygen atoms in total. The summed E-state index contributed by atoms with van der Waals surface area (Å²) in [7, 11) is -4.31. The second-order valence-corrected chi connectivity index (χ2v) is 10.1. The molecule has 9 heteroatoms. The fourth-order valence-electron chi connectivity index (χ4n) is 2.69. The van der Waals surface area contributed by atoms with Gasteiger partial charge in [0.2, 0.25) is 0 Å². The Morgan fingerprint density at radius 2 is 1.52 bits per heavy atom. The third kappa shape index (κ3) is 15.6. The highest BCUT2D eigenvalue weighted by Crippen LogP contribution is 2.35. The lowest BCUT2D eigenvalue weighted by molar-refractivity contribution is -0.147. The fourth-order valence-corrected chi connectivity index (χ4v) is 5.25. The Kier molecular flexibility index (Phi) is 13.9. The minimum Gasteiger partial charge on any atom is -0.461 e. The number of unbranched alkanes of at least 4 members (excludes halogenated alkanes) is 7. The summed E-state index contributed by atoms with van der Waals surface area (Å²) in [6, 6.07) is 0. The number of phosphoric acid groups is 1. The molecule has 0 aromatic rings. The van der Waals surface area contributed by atoms with Gasteiger partial charge in [0.05, 0.1) is 6.61 Å². The first-order valence-electron chi connectivity index (χ1n) is 9.58. The maximum absolute atomic E-state index is 12.0. The Hall–Kier alpha value is 0.0200. The van der Waals surface area contributed by atoms with Crippen LogP contribution in [0, 0.1) is 0 Å². The smallest absolute Gasteiger partial charge is 0.461 e. The summed E-state index contributed by atoms with van der Waals surface area (Å²) >= 11 is 3.59. The average molecular weight is 441 g/mol. The van der Waals surface area contributed by atoms with Gasteiger partial charge in [0.15, 0.2) is 0 Å². The van der Waals surface area contributed by atoms with Crippen LogP contribution in [0.15, 0.2) is 12.2 Å². The average Bonchev–Trinajstić information content (AvgIpc) is 2.56. The highest BCUT2D eigenvalue weighted by Gasteiger charge is 2.17. The molecule has 0 aromatic heterocycles. The van der Waals surface area contributed by atoms with Crippen LogP contribution in [0.1, 0.15) is 57.8 Å². The van der Waals surface area contributed by atoms with E-state index in [1.165, 1.54) is 5.57 Å². The van der Waals surface area contributed by atoms with Gasteiger partial charge in [0.25, 0.3) is 0 Å². The third-order valence-corrected chi connectivity index (χ3v) is 7.01. The zero-order valence-corrected chi connectivity index (χ0v) is 18.5. The summed E-state index contributed by atoms with van der Waals surface area (Å²) in [5, 5.41) is 0. The van der Waals surface area contributed by atoms with Crippen molar-refractivity contribution < 1.29 is 28.4 Å². The predicted molar refractivity (Wildman–Crippen MR) is 113 cm³/mol. The van der Waals surface area contributed by atoms with Gasteiger partial charge < -0.3 is 14.5 Å². The molecule has 158 valence electrons. The van der Waals surface area contributed by atoms with E-state index in [1.807, 2.05) is 0 Å². The van der Waals surface area contributed by atoms with E-state index >= 15 is 0 Å². The molecule has 0 bridgehead atoms. The van der Waals surface area contributed by atoms with Crippen molar-refractivity contribution in [3.63, 3.8) is 0 Å². The topological polar surface area (TPSA) is 93.1 Å². The van der Waals surface area contributed by atoms with E-state index in [2.05, 4.69) is 11.1 Å². The van der Waals surface area contributed by atoms with Crippen molar-refractivity contribution in [2.75, 3.05) is 29.6 Å². The maximum Gasteiger partial charge on any atom is 0.469 e. The van der Waals surface area contributed by atoms with Crippen molar-refractivity contribution in [2.45, 2.75) is 63.9 Å². The summed E-state index contributed by atoms with van der Waals surface area (Å²) < 4.78 is 20.5. The Morgan fingerprint density at radius 3 is 2.07 bits per heavy atom. The third-order valence-electron chi connectivity index (χ3n) is 4.05. The van der Waals surface area contributed by atoms with Crippen LogP contribution in [0.2, 0.25) is 0 Å². The molecule has 0 aliphatic carbocycles. The van der Waals surface area contributed by atoms with Gasteiger partial charge >= 0.3 is 13.8 Å². The quantitative estimate of drug-likeness (QED) is 0.186. The summed E-state index contributed by atoms with van der Waals surface area (Å²) in [5.74, 6) is 3.55. The zero-order valence-electron chi connectivity index (χ0n) is 16.0. The first kappa shape index (κ1) is 25.1. The van der Waals surface area contributed by atoms with Crippen molar-refractivity contribution in [1.29, 1.82) is 0 Å². The first-order valence-corrected chi connectivity index (χ1v) is 13.4. The molecule has 0 atom stereocenters. The lowest BCUT2D eigenvalue weighted by Crippen LogP contribution is -2.25. The van der Waals surface area contributed by atoms with Crippen LogP contribution in [0.25, 0.3) is 0 Å². The van der Waals surface area contributed by atoms with E-state index in [4.69, 9.17) is 14.5 Å². The highest BCUT2D eigenvalue weighted by atomic mass is 32.2. The van der Waals surface area contributed by atoms with Gasteiger partial charge in [-0.3, -0.25) is 9.32 Å². The minimum absolute atomic E-state index is 0.0233. The molecule has 0 aromatic carbocycles. The van der Waals surface area contributed by atoms with Gasteiger partial charge in [-0.05, 0) is 12.8 Å². The number of thioether (sulfide) groups is 2. The predicted octanol–water partition coefficient (Wildman–Crippen LogP) is 4.55. The van der Waals surface area contributed by atoms with Gasteiger partial charge in [0.1, 0.15) is 6.10 Å². The van der Waals surface area contributed by atoms with Crippen LogP contribution in [-0.2, 0) is 18.6 Å². The normalized spacial score (nSPS) is 16.7. The van der Waals surface area contributed by atoms with Crippen molar-refractivity contribution >= 4 is 37.3 Å². The maximum atomic E-state index is 12.0. The van der Waals surface area contributed by atoms with Gasteiger partial charge in [-0.25, -0.2) is 4.57 Å². The van der Waals surface area contributed by atoms with E-state index in [1.54, 1.807) is 23.5 Å². The molecule has 1 fully saturated rings. The van der Waals surface area contributed by atoms with Crippen LogP contribution < -0.4 is 0 Å². The van der Waals surface area contributed by atoms with Crippen molar-refractivity contribution in [3.05, 3.63) is 12.2 Å². The first-order chi connectivity index (χ1) is 12.9. The minimum atomic E-state index is -4.31. The van der Waals surface area contributed by atoms with Crippen LogP contribution in [0.5, 0.6) is 0 Å². The number of hydrogen-bond acceptors (Lipinski definition) is 6. The highest BCUT2D eigenvalue weighted by molar-refractivity contribution is 8.01. The Labute approximate surface area is 171 Å². The molecule has 1 aliphatic heterocycles. The number of hydrogen-bond donors (Lipinski definition) is 2. The summed E-state index contributed by atoms with van der Waals surface area (Å²) in [6.45, 7) is 4.13. The second kappa shape index (κ2) is 14.9. The zero-order chi connectivity index (χ0) is 20.0.